The summed E-state index contributed by atoms with van der Waals surface area (Å²) >= 11 is 1.93. The normalized spacial score (nSPS) is 21.6. The maximum Gasteiger partial charge on any atom is 0.228 e. The molecule has 0 aliphatic carbocycles. The Kier molecular flexibility index (Phi) is 4.17. The molecule has 4 nitrogen and oxygen atoms in total. The van der Waals surface area contributed by atoms with Crippen molar-refractivity contribution in [2.45, 2.75) is 18.9 Å². The van der Waals surface area contributed by atoms with Crippen molar-refractivity contribution in [3.8, 4) is 5.75 Å². The molecule has 2 aliphatic rings. The molecule has 1 fully saturated rings. The number of nitrogens with zero attached hydrogens (tertiary/aromatic N) is 1. The first-order chi connectivity index (χ1) is 9.78. The lowest BCUT2D eigenvalue weighted by molar-refractivity contribution is -0.118. The summed E-state index contributed by atoms with van der Waals surface area (Å²) in [5, 5.41) is 3.43. The molecule has 1 aromatic carbocycles. The van der Waals surface area contributed by atoms with Crippen LogP contribution in [0.1, 0.15) is 12.0 Å². The van der Waals surface area contributed by atoms with E-state index in [9.17, 15) is 4.79 Å². The van der Waals surface area contributed by atoms with E-state index >= 15 is 0 Å². The van der Waals surface area contributed by atoms with E-state index in [2.05, 4.69) is 5.32 Å². The number of hydrogen-bond donors (Lipinski definition) is 1. The molecule has 0 bridgehead atoms. The van der Waals surface area contributed by atoms with Gasteiger partial charge in [0.25, 0.3) is 0 Å². The van der Waals surface area contributed by atoms with Crippen LogP contribution in [-0.4, -0.2) is 43.7 Å². The van der Waals surface area contributed by atoms with Crippen LogP contribution in [0.3, 0.4) is 0 Å². The van der Waals surface area contributed by atoms with Crippen LogP contribution in [0.15, 0.2) is 18.2 Å². The number of benzene rings is 1. The van der Waals surface area contributed by atoms with Gasteiger partial charge in [-0.15, -0.1) is 0 Å². The first kappa shape index (κ1) is 13.8. The fraction of sp³-hybridized carbons (Fsp3) is 0.533. The molecular weight excluding hydrogens is 272 g/mol. The minimum absolute atomic E-state index is 0.230. The zero-order chi connectivity index (χ0) is 13.9. The Labute approximate surface area is 123 Å². The van der Waals surface area contributed by atoms with E-state index in [0.29, 0.717) is 12.5 Å². The van der Waals surface area contributed by atoms with E-state index in [0.717, 1.165) is 42.5 Å². The van der Waals surface area contributed by atoms with Gasteiger partial charge in [-0.05, 0) is 30.2 Å². The number of methoxy groups -OCH3 is 1. The summed E-state index contributed by atoms with van der Waals surface area (Å²) in [6.07, 6.45) is 1.52. The first-order valence-corrected chi connectivity index (χ1v) is 8.22. The van der Waals surface area contributed by atoms with Crippen molar-refractivity contribution in [1.29, 1.82) is 0 Å². The fourth-order valence-corrected chi connectivity index (χ4v) is 3.79. The number of carbonyl (C=O) groups is 1. The van der Waals surface area contributed by atoms with Crippen LogP contribution in [0.2, 0.25) is 0 Å². The van der Waals surface area contributed by atoms with Gasteiger partial charge in [-0.1, -0.05) is 0 Å². The number of amides is 1. The van der Waals surface area contributed by atoms with Gasteiger partial charge in [-0.3, -0.25) is 4.79 Å². The van der Waals surface area contributed by atoms with E-state index < -0.39 is 0 Å². The molecule has 20 heavy (non-hydrogen) atoms. The van der Waals surface area contributed by atoms with Gasteiger partial charge in [0.05, 0.1) is 7.11 Å². The van der Waals surface area contributed by atoms with E-state index in [1.807, 2.05) is 34.9 Å². The topological polar surface area (TPSA) is 41.6 Å². The standard InChI is InChI=1S/C15H20N2O2S/c1-19-13-2-3-14-11(8-13)4-6-17(14)15(18)9-12-10-20-7-5-16-12/h2-3,8,12,16H,4-7,9-10H2,1H3. The molecule has 0 spiro atoms. The Morgan fingerprint density at radius 1 is 1.55 bits per heavy atom. The summed E-state index contributed by atoms with van der Waals surface area (Å²) in [5.41, 5.74) is 2.27. The number of fused-ring (bicyclic) bond motifs is 1. The number of nitrogens with one attached hydrogen (secondary N) is 1. The van der Waals surface area contributed by atoms with Crippen LogP contribution in [0.5, 0.6) is 5.75 Å². The van der Waals surface area contributed by atoms with E-state index in [-0.39, 0.29) is 5.91 Å². The second-order valence-electron chi connectivity index (χ2n) is 5.22. The molecule has 3 rings (SSSR count). The second kappa shape index (κ2) is 6.06. The third-order valence-electron chi connectivity index (χ3n) is 3.90. The summed E-state index contributed by atoms with van der Waals surface area (Å²) in [7, 11) is 1.67. The maximum absolute atomic E-state index is 12.5. The van der Waals surface area contributed by atoms with Gasteiger partial charge in [0.2, 0.25) is 5.91 Å². The molecule has 1 N–H and O–H groups in total. The van der Waals surface area contributed by atoms with Crippen molar-refractivity contribution in [1.82, 2.24) is 5.32 Å². The molecule has 1 saturated heterocycles. The van der Waals surface area contributed by atoms with Gasteiger partial charge in [-0.2, -0.15) is 11.8 Å². The average Bonchev–Trinajstić information content (AvgIpc) is 2.91. The molecule has 2 heterocycles. The number of rotatable bonds is 3. The quantitative estimate of drug-likeness (QED) is 0.920. The number of ether oxygens (including phenoxy) is 1. The Balaban J connectivity index is 1.68. The van der Waals surface area contributed by atoms with Crippen molar-refractivity contribution >= 4 is 23.4 Å². The van der Waals surface area contributed by atoms with Crippen LogP contribution < -0.4 is 15.0 Å². The molecule has 5 heteroatoms. The van der Waals surface area contributed by atoms with Gasteiger partial charge < -0.3 is 15.0 Å². The van der Waals surface area contributed by atoms with Crippen molar-refractivity contribution in [3.63, 3.8) is 0 Å². The van der Waals surface area contributed by atoms with Crippen molar-refractivity contribution < 1.29 is 9.53 Å². The van der Waals surface area contributed by atoms with Crippen LogP contribution in [-0.2, 0) is 11.2 Å². The molecule has 0 saturated carbocycles. The monoisotopic (exact) mass is 292 g/mol. The van der Waals surface area contributed by atoms with Gasteiger partial charge >= 0.3 is 0 Å². The highest BCUT2D eigenvalue weighted by Crippen LogP contribution is 2.31. The summed E-state index contributed by atoms with van der Waals surface area (Å²) in [5.74, 6) is 3.28. The Morgan fingerprint density at radius 3 is 3.20 bits per heavy atom. The van der Waals surface area contributed by atoms with Crippen LogP contribution in [0, 0.1) is 0 Å². The van der Waals surface area contributed by atoms with E-state index in [1.165, 1.54) is 5.56 Å². The minimum Gasteiger partial charge on any atom is -0.497 e. The van der Waals surface area contributed by atoms with E-state index in [1.54, 1.807) is 7.11 Å². The lowest BCUT2D eigenvalue weighted by atomic mass is 10.1. The highest BCUT2D eigenvalue weighted by atomic mass is 32.2. The SMILES string of the molecule is COc1ccc2c(c1)CCN2C(=O)CC1CSCCN1. The largest absolute Gasteiger partial charge is 0.497 e. The first-order valence-electron chi connectivity index (χ1n) is 7.06. The molecule has 1 unspecified atom stereocenters. The van der Waals surface area contributed by atoms with Gasteiger partial charge in [0.15, 0.2) is 0 Å². The van der Waals surface area contributed by atoms with E-state index in [4.69, 9.17) is 4.74 Å². The minimum atomic E-state index is 0.230. The number of anilines is 1. The third-order valence-corrected chi connectivity index (χ3v) is 5.03. The molecule has 108 valence electrons. The fourth-order valence-electron chi connectivity index (χ4n) is 2.84. The van der Waals surface area contributed by atoms with Crippen molar-refractivity contribution in [2.24, 2.45) is 0 Å². The molecule has 0 radical (unpaired) electrons. The highest BCUT2D eigenvalue weighted by Gasteiger charge is 2.27. The van der Waals surface area contributed by atoms with Gasteiger partial charge in [-0.25, -0.2) is 0 Å². The average molecular weight is 292 g/mol. The van der Waals surface area contributed by atoms with Gasteiger partial charge in [0, 0.05) is 42.7 Å². The maximum atomic E-state index is 12.5. The summed E-state index contributed by atoms with van der Waals surface area (Å²) in [6.45, 7) is 1.80. The summed E-state index contributed by atoms with van der Waals surface area (Å²) < 4.78 is 5.24. The smallest absolute Gasteiger partial charge is 0.228 e. The molecule has 2 aliphatic heterocycles. The zero-order valence-corrected chi connectivity index (χ0v) is 12.5. The zero-order valence-electron chi connectivity index (χ0n) is 11.7. The summed E-state index contributed by atoms with van der Waals surface area (Å²) in [6, 6.07) is 6.29. The molecule has 1 atom stereocenters. The van der Waals surface area contributed by atoms with Crippen molar-refractivity contribution in [2.75, 3.05) is 36.6 Å². The molecular formula is C15H20N2O2S. The predicted molar refractivity (Wildman–Crippen MR) is 82.8 cm³/mol. The molecule has 0 aromatic heterocycles. The van der Waals surface area contributed by atoms with Crippen LogP contribution in [0.25, 0.3) is 0 Å². The lowest BCUT2D eigenvalue weighted by Crippen LogP contribution is -2.42. The number of hydrogen-bond acceptors (Lipinski definition) is 4. The van der Waals surface area contributed by atoms with Crippen molar-refractivity contribution in [3.05, 3.63) is 23.8 Å². The number of thioether (sulfide) groups is 1. The summed E-state index contributed by atoms with van der Waals surface area (Å²) in [4.78, 5) is 14.4. The molecule has 1 amide bonds. The van der Waals surface area contributed by atoms with Crippen LogP contribution >= 0.6 is 11.8 Å². The lowest BCUT2D eigenvalue weighted by Gasteiger charge is -2.25. The highest BCUT2D eigenvalue weighted by molar-refractivity contribution is 7.99. The van der Waals surface area contributed by atoms with Crippen LogP contribution in [0.4, 0.5) is 5.69 Å². The second-order valence-corrected chi connectivity index (χ2v) is 6.37. The Morgan fingerprint density at radius 2 is 2.45 bits per heavy atom. The Hall–Kier alpha value is -1.20. The molecule has 1 aromatic rings. The Bertz CT molecular complexity index is 501. The number of carbonyl (C=O) groups excluding carboxylic acids is 1. The van der Waals surface area contributed by atoms with Gasteiger partial charge in [0.1, 0.15) is 5.75 Å². The third kappa shape index (κ3) is 2.79. The predicted octanol–water partition coefficient (Wildman–Crippen LogP) is 1.68.